The van der Waals surface area contributed by atoms with Gasteiger partial charge in [0.2, 0.25) is 6.29 Å². The SMILES string of the molecule is CC(=O)OCC(=O)NC1C(OC(C)=O)OC(COC(C)=O)C(OC(C)=O)C1OC(C)=O. The van der Waals surface area contributed by atoms with Crippen LogP contribution in [0.1, 0.15) is 34.6 Å². The van der Waals surface area contributed by atoms with Crippen molar-refractivity contribution in [3.05, 3.63) is 0 Å². The van der Waals surface area contributed by atoms with Crippen molar-refractivity contribution in [3.8, 4) is 0 Å². The molecule has 1 amide bonds. The van der Waals surface area contributed by atoms with Crippen molar-refractivity contribution in [2.45, 2.75) is 65.3 Å². The van der Waals surface area contributed by atoms with Gasteiger partial charge in [0, 0.05) is 34.6 Å². The average Bonchev–Trinajstić information content (AvgIpc) is 2.62. The number of hydrogen-bond acceptors (Lipinski definition) is 12. The van der Waals surface area contributed by atoms with Gasteiger partial charge in [0.15, 0.2) is 18.8 Å². The first-order chi connectivity index (χ1) is 14.4. The third kappa shape index (κ3) is 8.99. The highest BCUT2D eigenvalue weighted by molar-refractivity contribution is 5.80. The molecule has 174 valence electrons. The van der Waals surface area contributed by atoms with Gasteiger partial charge < -0.3 is 33.7 Å². The quantitative estimate of drug-likeness (QED) is 0.347. The van der Waals surface area contributed by atoms with Crippen LogP contribution in [0.2, 0.25) is 0 Å². The van der Waals surface area contributed by atoms with Gasteiger partial charge in [0.1, 0.15) is 18.8 Å². The summed E-state index contributed by atoms with van der Waals surface area (Å²) in [6, 6.07) is -1.35. The molecule has 0 aliphatic carbocycles. The molecule has 0 aromatic heterocycles. The fourth-order valence-corrected chi connectivity index (χ4v) is 2.71. The normalized spacial score (nSPS) is 24.9. The predicted octanol–water partition coefficient (Wildman–Crippen LogP) is -1.25. The number of carbonyl (C=O) groups is 6. The van der Waals surface area contributed by atoms with Crippen LogP contribution in [0.25, 0.3) is 0 Å². The van der Waals surface area contributed by atoms with Gasteiger partial charge in [-0.15, -0.1) is 0 Å². The molecule has 1 saturated heterocycles. The van der Waals surface area contributed by atoms with E-state index >= 15 is 0 Å². The third-order valence-electron chi connectivity index (χ3n) is 3.72. The Labute approximate surface area is 177 Å². The van der Waals surface area contributed by atoms with Crippen LogP contribution >= 0.6 is 0 Å². The second kappa shape index (κ2) is 11.8. The molecule has 1 N–H and O–H groups in total. The highest BCUT2D eigenvalue weighted by atomic mass is 16.7. The maximum absolute atomic E-state index is 12.2. The molecule has 31 heavy (non-hydrogen) atoms. The lowest BCUT2D eigenvalue weighted by molar-refractivity contribution is -0.271. The van der Waals surface area contributed by atoms with Gasteiger partial charge in [-0.1, -0.05) is 0 Å². The molecule has 0 aromatic rings. The largest absolute Gasteiger partial charge is 0.463 e. The molecule has 0 bridgehead atoms. The standard InChI is InChI=1S/C18H25NO12/c1-8(20)26-6-13-16(28-10(3)22)17(29-11(4)23)15(18(31-13)30-12(5)24)19-14(25)7-27-9(2)21/h13,15-18H,6-7H2,1-5H3,(H,19,25). The summed E-state index contributed by atoms with van der Waals surface area (Å²) in [5, 5.41) is 2.38. The second-order valence-corrected chi connectivity index (χ2v) is 6.48. The average molecular weight is 447 g/mol. The highest BCUT2D eigenvalue weighted by Crippen LogP contribution is 2.28. The van der Waals surface area contributed by atoms with E-state index in [1.807, 2.05) is 0 Å². The molecule has 1 heterocycles. The van der Waals surface area contributed by atoms with E-state index in [4.69, 9.17) is 23.7 Å². The Bertz CT molecular complexity index is 720. The first kappa shape index (κ1) is 25.8. The van der Waals surface area contributed by atoms with Gasteiger partial charge >= 0.3 is 29.8 Å². The topological polar surface area (TPSA) is 170 Å². The zero-order valence-corrected chi connectivity index (χ0v) is 17.7. The molecule has 5 unspecified atom stereocenters. The first-order valence-electron chi connectivity index (χ1n) is 9.14. The summed E-state index contributed by atoms with van der Waals surface area (Å²) in [6.07, 6.45) is -5.47. The molecular weight excluding hydrogens is 422 g/mol. The lowest BCUT2D eigenvalue weighted by Crippen LogP contribution is -2.67. The zero-order valence-electron chi connectivity index (χ0n) is 17.7. The summed E-state index contributed by atoms with van der Waals surface area (Å²) >= 11 is 0. The van der Waals surface area contributed by atoms with Crippen molar-refractivity contribution in [2.75, 3.05) is 13.2 Å². The third-order valence-corrected chi connectivity index (χ3v) is 3.72. The Morgan fingerprint density at radius 2 is 1.23 bits per heavy atom. The molecule has 13 heteroatoms. The predicted molar refractivity (Wildman–Crippen MR) is 96.7 cm³/mol. The van der Waals surface area contributed by atoms with E-state index in [1.165, 1.54) is 0 Å². The van der Waals surface area contributed by atoms with Crippen molar-refractivity contribution in [1.29, 1.82) is 0 Å². The van der Waals surface area contributed by atoms with Crippen molar-refractivity contribution < 1.29 is 57.2 Å². The molecule has 0 aromatic carbocycles. The van der Waals surface area contributed by atoms with E-state index in [1.54, 1.807) is 0 Å². The highest BCUT2D eigenvalue weighted by Gasteiger charge is 2.52. The van der Waals surface area contributed by atoms with E-state index in [0.717, 1.165) is 34.6 Å². The van der Waals surface area contributed by atoms with Crippen LogP contribution in [0.5, 0.6) is 0 Å². The van der Waals surface area contributed by atoms with Crippen LogP contribution in [0.15, 0.2) is 0 Å². The molecule has 1 rings (SSSR count). The maximum atomic E-state index is 12.2. The van der Waals surface area contributed by atoms with Gasteiger partial charge in [0.25, 0.3) is 5.91 Å². The van der Waals surface area contributed by atoms with E-state index in [-0.39, 0.29) is 0 Å². The summed E-state index contributed by atoms with van der Waals surface area (Å²) in [5.41, 5.74) is 0. The van der Waals surface area contributed by atoms with Gasteiger partial charge in [-0.25, -0.2) is 0 Å². The molecular formula is C18H25NO12. The Morgan fingerprint density at radius 3 is 1.71 bits per heavy atom. The van der Waals surface area contributed by atoms with Crippen molar-refractivity contribution in [2.24, 2.45) is 0 Å². The van der Waals surface area contributed by atoms with Gasteiger partial charge in [0.05, 0.1) is 0 Å². The Kier molecular flexibility index (Phi) is 9.86. The van der Waals surface area contributed by atoms with Crippen LogP contribution in [-0.2, 0) is 57.2 Å². The fourth-order valence-electron chi connectivity index (χ4n) is 2.71. The molecule has 1 aliphatic heterocycles. The Hall–Kier alpha value is -3.22. The van der Waals surface area contributed by atoms with Gasteiger partial charge in [-0.2, -0.15) is 0 Å². The molecule has 13 nitrogen and oxygen atoms in total. The smallest absolute Gasteiger partial charge is 0.305 e. The molecule has 1 fully saturated rings. The van der Waals surface area contributed by atoms with Crippen molar-refractivity contribution in [1.82, 2.24) is 5.32 Å². The number of nitrogens with one attached hydrogen (secondary N) is 1. The molecule has 0 radical (unpaired) electrons. The van der Waals surface area contributed by atoms with Crippen LogP contribution in [0.4, 0.5) is 0 Å². The Morgan fingerprint density at radius 1 is 0.710 bits per heavy atom. The summed E-state index contributed by atoms with van der Waals surface area (Å²) in [4.78, 5) is 69.3. The lowest BCUT2D eigenvalue weighted by atomic mass is 9.96. The minimum absolute atomic E-state index is 0.434. The number of hydrogen-bond donors (Lipinski definition) is 1. The lowest BCUT2D eigenvalue weighted by Gasteiger charge is -2.44. The van der Waals surface area contributed by atoms with E-state index in [9.17, 15) is 28.8 Å². The van der Waals surface area contributed by atoms with E-state index < -0.39 is 79.6 Å². The van der Waals surface area contributed by atoms with Crippen LogP contribution in [0.3, 0.4) is 0 Å². The van der Waals surface area contributed by atoms with Gasteiger partial charge in [-0.05, 0) is 0 Å². The van der Waals surface area contributed by atoms with Crippen LogP contribution < -0.4 is 5.32 Å². The first-order valence-corrected chi connectivity index (χ1v) is 9.14. The van der Waals surface area contributed by atoms with E-state index in [2.05, 4.69) is 10.1 Å². The maximum Gasteiger partial charge on any atom is 0.305 e. The Balaban J connectivity index is 3.29. The number of carbonyl (C=O) groups excluding carboxylic acids is 6. The molecule has 5 atom stereocenters. The van der Waals surface area contributed by atoms with Crippen LogP contribution in [0, 0.1) is 0 Å². The summed E-state index contributed by atoms with van der Waals surface area (Å²) in [7, 11) is 0. The minimum Gasteiger partial charge on any atom is -0.463 e. The molecule has 1 aliphatic rings. The van der Waals surface area contributed by atoms with Crippen molar-refractivity contribution in [3.63, 3.8) is 0 Å². The van der Waals surface area contributed by atoms with Crippen LogP contribution in [-0.4, -0.2) is 79.6 Å². The molecule has 0 saturated carbocycles. The fraction of sp³-hybridized carbons (Fsp3) is 0.667. The monoisotopic (exact) mass is 447 g/mol. The number of amides is 1. The van der Waals surface area contributed by atoms with E-state index in [0.29, 0.717) is 0 Å². The number of esters is 5. The van der Waals surface area contributed by atoms with Crippen molar-refractivity contribution >= 4 is 35.8 Å². The van der Waals surface area contributed by atoms with Gasteiger partial charge in [-0.3, -0.25) is 28.8 Å². The summed E-state index contributed by atoms with van der Waals surface area (Å²) in [5.74, 6) is -4.62. The second-order valence-electron chi connectivity index (χ2n) is 6.48. The molecule has 0 spiro atoms. The summed E-state index contributed by atoms with van der Waals surface area (Å²) in [6.45, 7) is 4.34. The number of rotatable bonds is 8. The zero-order chi connectivity index (χ0) is 23.7. The summed E-state index contributed by atoms with van der Waals surface area (Å²) < 4.78 is 30.6. The minimum atomic E-state index is -1.52. The number of ether oxygens (including phenoxy) is 6.